The minimum absolute atomic E-state index is 0.0610. The summed E-state index contributed by atoms with van der Waals surface area (Å²) in [6.07, 6.45) is -24.9. The quantitative estimate of drug-likeness (QED) is 0.0278. The third-order valence-electron chi connectivity index (χ3n) is 18.2. The van der Waals surface area contributed by atoms with E-state index in [0.717, 1.165) is 30.3 Å². The molecule has 0 bridgehead atoms. The van der Waals surface area contributed by atoms with Crippen LogP contribution in [0.15, 0.2) is 42.5 Å². The Morgan fingerprint density at radius 1 is 0.273 bits per heavy atom. The predicted octanol–water partition coefficient (Wildman–Crippen LogP) is 13.2. The molecule has 36 nitrogen and oxygen atoms in total. The van der Waals surface area contributed by atoms with Gasteiger partial charge in [0.25, 0.3) is 5.60 Å². The molecule has 36 heteroatoms. The molecule has 128 heavy (non-hydrogen) atoms. The first kappa shape index (κ1) is 113. The number of esters is 17. The molecule has 0 saturated heterocycles. The molecule has 0 aliphatic rings. The van der Waals surface area contributed by atoms with Crippen molar-refractivity contribution in [2.45, 2.75) is 369 Å². The highest BCUT2D eigenvalue weighted by atomic mass is 16.7. The van der Waals surface area contributed by atoms with Gasteiger partial charge in [0.15, 0.2) is 54.9 Å². The molecule has 1 N–H and O–H groups in total. The fourth-order valence-electron chi connectivity index (χ4n) is 12.2. The lowest BCUT2D eigenvalue weighted by Gasteiger charge is -2.41. The molecule has 716 valence electrons. The second-order valence-electron chi connectivity index (χ2n) is 29.9. The molecule has 2 aromatic rings. The van der Waals surface area contributed by atoms with Crippen molar-refractivity contribution >= 4 is 120 Å². The van der Waals surface area contributed by atoms with Crippen molar-refractivity contribution < 1.29 is 172 Å². The van der Waals surface area contributed by atoms with E-state index in [4.69, 9.17) is 80.5 Å². The third-order valence-corrected chi connectivity index (χ3v) is 18.2. The topological polar surface area (TPSA) is 484 Å². The normalized spacial score (nSPS) is 14.1. The summed E-state index contributed by atoms with van der Waals surface area (Å²) in [6, 6.07) is 7.79. The number of rotatable bonds is 65. The summed E-state index contributed by atoms with van der Waals surface area (Å²) in [7, 11) is 0. The molecular formula is C92H132O36. The molecular weight excluding hydrogens is 1680 g/mol. The summed E-state index contributed by atoms with van der Waals surface area (Å²) in [5.41, 5.74) is -3.84. The molecule has 2 aromatic carbocycles. The highest BCUT2D eigenvalue weighted by molar-refractivity contribution is 5.88. The minimum Gasteiger partial charge on any atom is -0.478 e. The largest absolute Gasteiger partial charge is 0.478 e. The second-order valence-corrected chi connectivity index (χ2v) is 29.9. The van der Waals surface area contributed by atoms with Crippen LogP contribution in [0.1, 0.15) is 313 Å². The van der Waals surface area contributed by atoms with E-state index in [-0.39, 0.29) is 165 Å². The summed E-state index contributed by atoms with van der Waals surface area (Å²) in [4.78, 5) is 253. The van der Waals surface area contributed by atoms with Gasteiger partial charge in [-0.05, 0) is 120 Å². The Morgan fingerprint density at radius 2 is 0.516 bits per heavy atom. The number of hydrogen-bond donors (Lipinski definition) is 1. The Morgan fingerprint density at radius 3 is 0.812 bits per heavy atom. The molecule has 0 saturated carbocycles. The zero-order valence-corrected chi connectivity index (χ0v) is 76.6. The van der Waals surface area contributed by atoms with Gasteiger partial charge in [0.2, 0.25) is 12.2 Å². The Kier molecular flexibility index (Phi) is 55.2. The maximum atomic E-state index is 15.7. The monoisotopic (exact) mass is 1810 g/mol. The predicted molar refractivity (Wildman–Crippen MR) is 454 cm³/mol. The molecule has 12 atom stereocenters. The van der Waals surface area contributed by atoms with Crippen LogP contribution in [0.3, 0.4) is 0 Å². The molecule has 0 amide bonds. The van der Waals surface area contributed by atoms with Crippen LogP contribution in [-0.4, -0.2) is 200 Å². The van der Waals surface area contributed by atoms with E-state index in [0.29, 0.717) is 0 Å². The van der Waals surface area contributed by atoms with Gasteiger partial charge in [-0.1, -0.05) is 140 Å². The number of carboxylic acids is 1. The van der Waals surface area contributed by atoms with Gasteiger partial charge in [0, 0.05) is 108 Å². The van der Waals surface area contributed by atoms with Crippen molar-refractivity contribution in [1.29, 1.82) is 0 Å². The lowest BCUT2D eigenvalue weighted by Crippen LogP contribution is -2.61. The molecule has 0 unspecified atom stereocenters. The van der Waals surface area contributed by atoms with Gasteiger partial charge in [0.1, 0.15) is 31.3 Å². The van der Waals surface area contributed by atoms with Crippen LogP contribution in [-0.2, 0) is 163 Å². The Bertz CT molecular complexity index is 3790. The van der Waals surface area contributed by atoms with Crippen LogP contribution in [0, 0.1) is 0 Å². The van der Waals surface area contributed by atoms with Gasteiger partial charge in [0.05, 0.1) is 0 Å². The lowest BCUT2D eigenvalue weighted by molar-refractivity contribution is -0.230. The van der Waals surface area contributed by atoms with Crippen molar-refractivity contribution in [3.63, 3.8) is 0 Å². The van der Waals surface area contributed by atoms with Gasteiger partial charge in [-0.25, -0.2) is 14.4 Å². The minimum atomic E-state index is -3.26. The molecule has 0 aliphatic heterocycles. The molecule has 0 aliphatic carbocycles. The highest BCUT2D eigenvalue weighted by Gasteiger charge is 2.61. The van der Waals surface area contributed by atoms with Crippen LogP contribution in [0.5, 0.6) is 11.5 Å². The Balaban J connectivity index is 3.69. The summed E-state index contributed by atoms with van der Waals surface area (Å²) in [5.74, 6) is -22.1. The average molecular weight is 1810 g/mol. The Labute approximate surface area is 748 Å². The first-order valence-corrected chi connectivity index (χ1v) is 44.6. The fraction of sp³-hybridized carbons (Fsp3) is 0.652. The summed E-state index contributed by atoms with van der Waals surface area (Å²) in [5, 5.41) is 11.8. The van der Waals surface area contributed by atoms with Crippen molar-refractivity contribution in [1.82, 2.24) is 0 Å². The number of carbonyl (C=O) groups excluding carboxylic acids is 17. The highest BCUT2D eigenvalue weighted by Crippen LogP contribution is 2.40. The maximum Gasteiger partial charge on any atom is 0.357 e. The molecule has 0 aromatic heterocycles. The number of aliphatic carboxylic acids is 1. The van der Waals surface area contributed by atoms with Crippen LogP contribution >= 0.6 is 0 Å². The molecule has 2 rings (SSSR count). The van der Waals surface area contributed by atoms with Gasteiger partial charge in [-0.15, -0.1) is 0 Å². The van der Waals surface area contributed by atoms with Crippen LogP contribution in [0.25, 0.3) is 12.2 Å². The van der Waals surface area contributed by atoms with Crippen molar-refractivity contribution in [2.75, 3.05) is 19.8 Å². The molecule has 0 spiro atoms. The Hall–Kier alpha value is -11.4. The van der Waals surface area contributed by atoms with E-state index in [1.807, 2.05) is 0 Å². The van der Waals surface area contributed by atoms with Gasteiger partial charge < -0.3 is 85.6 Å². The van der Waals surface area contributed by atoms with E-state index in [1.54, 1.807) is 104 Å². The SMILES string of the molecule is CCCC(=O)OC[C@@H](OC(=O)CCC)[C@@H](OC(=O)CCC)[C@H](OC(=O)CCC)[C@@](OC(=O)CCC)(C(=O)O)c1ccc(/C=C/c2cc(OC(=O)[C@H](OC(=O)CCC)[C@@H](OC(=O)CCC)[C@H](OC(=O)CCC)[C@@H](COC(=O)CCC)OC(=O)CCC)cc(OC(=O)[C@H](OC(=O)CCC)[C@@H](OC(=O)CCC)[C@H](OC(=O)CCC)[C@@H](COC(=O)CCC)OC(=O)CCC)c2)cc1. The molecule has 0 fully saturated rings. The zero-order valence-electron chi connectivity index (χ0n) is 76.6. The van der Waals surface area contributed by atoms with Crippen molar-refractivity contribution in [3.05, 3.63) is 59.2 Å². The summed E-state index contributed by atoms with van der Waals surface area (Å²) < 4.78 is 100. The standard InChI is InChI=1S/C92H132O36/c1-16-31-66(93)112-55-63(117-69(96)34-19-4)81(120-72(99)37-22-7)84(123-75(102)40-25-10)86(125-77(104)42-27-12)89(108)115-61-52-59(53-62(54-61)116-90(109)87(126-78(105)43-28-13)85(124-76(103)41-26-11)82(121-73(100)38-23-8)64(118-70(97)35-20-5)56-113-67(94)32-17-2)47-46-58-48-50-60(51-49-58)92(91(110)111,128-80(107)45-30-15)88(127-79(106)44-29-14)83(122-74(101)39-24-9)65(119-71(98)36-21-6)57-114-68(95)33-18-3/h46-54,63-65,81-88H,16-45,55-57H2,1-15H3,(H,110,111)/b47-46+/t63-,64-,65-,81-,82-,83-,84+,85+,86-,87-,88+,92-/m1/s1. The van der Waals surface area contributed by atoms with Gasteiger partial charge in [-0.2, -0.15) is 0 Å². The van der Waals surface area contributed by atoms with E-state index >= 15 is 9.59 Å². The third kappa shape index (κ3) is 40.7. The van der Waals surface area contributed by atoms with Crippen LogP contribution < -0.4 is 9.47 Å². The number of carbonyl (C=O) groups is 18. The fourth-order valence-corrected chi connectivity index (χ4v) is 12.2. The molecule has 0 radical (unpaired) electrons. The van der Waals surface area contributed by atoms with Crippen molar-refractivity contribution in [3.8, 4) is 11.5 Å². The lowest BCUT2D eigenvalue weighted by atomic mass is 9.82. The van der Waals surface area contributed by atoms with E-state index in [2.05, 4.69) is 0 Å². The van der Waals surface area contributed by atoms with Gasteiger partial charge in [-0.3, -0.25) is 71.9 Å². The number of ether oxygens (including phenoxy) is 17. The van der Waals surface area contributed by atoms with E-state index < -0.39 is 256 Å². The average Bonchev–Trinajstić information content (AvgIpc) is 0.746. The maximum absolute atomic E-state index is 15.7. The van der Waals surface area contributed by atoms with Crippen molar-refractivity contribution in [2.24, 2.45) is 0 Å². The molecule has 0 heterocycles. The smallest absolute Gasteiger partial charge is 0.357 e. The van der Waals surface area contributed by atoms with E-state index in [1.165, 1.54) is 24.3 Å². The van der Waals surface area contributed by atoms with E-state index in [9.17, 15) is 81.8 Å². The first-order chi connectivity index (χ1) is 61.1. The first-order valence-electron chi connectivity index (χ1n) is 44.6. The van der Waals surface area contributed by atoms with Crippen LogP contribution in [0.4, 0.5) is 0 Å². The number of carboxylic acid groups (broad SMARTS) is 1. The number of hydrogen-bond acceptors (Lipinski definition) is 35. The zero-order chi connectivity index (χ0) is 95.8. The summed E-state index contributed by atoms with van der Waals surface area (Å²) >= 11 is 0. The van der Waals surface area contributed by atoms with Gasteiger partial charge >= 0.3 is 107 Å². The number of benzene rings is 2. The second kappa shape index (κ2) is 62.7. The summed E-state index contributed by atoms with van der Waals surface area (Å²) in [6.45, 7) is 21.4. The van der Waals surface area contributed by atoms with Crippen LogP contribution in [0.2, 0.25) is 0 Å².